The first-order valence-electron chi connectivity index (χ1n) is 9.82. The molecule has 0 radical (unpaired) electrons. The number of aromatic nitrogens is 4. The van der Waals surface area contributed by atoms with Crippen molar-refractivity contribution in [1.29, 1.82) is 0 Å². The maximum atomic E-state index is 12.9. The number of pyridine rings is 1. The minimum absolute atomic E-state index is 0.156. The third-order valence-corrected chi connectivity index (χ3v) is 5.96. The van der Waals surface area contributed by atoms with E-state index in [-0.39, 0.29) is 23.9 Å². The van der Waals surface area contributed by atoms with Crippen molar-refractivity contribution in [2.45, 2.75) is 6.54 Å². The summed E-state index contributed by atoms with van der Waals surface area (Å²) in [5.74, 6) is -0.515. The van der Waals surface area contributed by atoms with Crippen LogP contribution >= 0.6 is 22.9 Å². The number of rotatable bonds is 6. The fraction of sp³-hybridized carbons (Fsp3) is 0.136. The van der Waals surface area contributed by atoms with Crippen LogP contribution in [0.3, 0.4) is 0 Å². The smallest absolute Gasteiger partial charge is 0.261 e. The molecule has 0 aliphatic heterocycles. The van der Waals surface area contributed by atoms with Gasteiger partial charge in [0.2, 0.25) is 0 Å². The molecule has 0 atom stereocenters. The monoisotopic (exact) mass is 482 g/mol. The van der Waals surface area contributed by atoms with Crippen LogP contribution in [0.25, 0.3) is 11.4 Å². The molecule has 4 rings (SSSR count). The van der Waals surface area contributed by atoms with E-state index in [1.807, 2.05) is 0 Å². The molecule has 0 spiro atoms. The van der Waals surface area contributed by atoms with E-state index in [4.69, 9.17) is 11.6 Å². The van der Waals surface area contributed by atoms with Crippen molar-refractivity contribution < 1.29 is 9.59 Å². The van der Waals surface area contributed by atoms with Gasteiger partial charge in [-0.05, 0) is 36.4 Å². The van der Waals surface area contributed by atoms with Gasteiger partial charge in [-0.25, -0.2) is 4.68 Å². The van der Waals surface area contributed by atoms with Crippen LogP contribution in [0.15, 0.2) is 65.7 Å². The number of thiophene rings is 1. The molecule has 33 heavy (non-hydrogen) atoms. The molecule has 9 nitrogen and oxygen atoms in total. The van der Waals surface area contributed by atoms with E-state index in [0.717, 1.165) is 0 Å². The van der Waals surface area contributed by atoms with E-state index in [2.05, 4.69) is 15.6 Å². The summed E-state index contributed by atoms with van der Waals surface area (Å²) in [5.41, 5.74) is 1.70. The molecule has 0 unspecified atom stereocenters. The highest BCUT2D eigenvalue weighted by Gasteiger charge is 2.18. The fourth-order valence-electron chi connectivity index (χ4n) is 3.12. The van der Waals surface area contributed by atoms with E-state index in [0.29, 0.717) is 31.8 Å². The number of hydrogen-bond acceptors (Lipinski definition) is 6. The third-order valence-electron chi connectivity index (χ3n) is 4.73. The van der Waals surface area contributed by atoms with Crippen molar-refractivity contribution in [2.24, 2.45) is 0 Å². The van der Waals surface area contributed by atoms with Crippen LogP contribution in [0.1, 0.15) is 25.7 Å². The number of carbonyl (C=O) groups is 2. The van der Waals surface area contributed by atoms with Crippen molar-refractivity contribution in [3.8, 4) is 11.4 Å². The van der Waals surface area contributed by atoms with Gasteiger partial charge in [0.25, 0.3) is 17.4 Å². The number of amides is 2. The Labute approximate surface area is 197 Å². The Balaban J connectivity index is 1.62. The highest BCUT2D eigenvalue weighted by Crippen LogP contribution is 2.22. The molecule has 0 fully saturated rings. The lowest BCUT2D eigenvalue weighted by atomic mass is 10.1. The highest BCUT2D eigenvalue weighted by atomic mass is 35.5. The summed E-state index contributed by atoms with van der Waals surface area (Å²) in [7, 11) is 3.29. The van der Waals surface area contributed by atoms with Crippen LogP contribution in [-0.2, 0) is 6.54 Å². The Morgan fingerprint density at radius 3 is 2.67 bits per heavy atom. The second-order valence-electron chi connectivity index (χ2n) is 7.25. The minimum atomic E-state index is -0.261. The predicted octanol–water partition coefficient (Wildman–Crippen LogP) is 2.76. The van der Waals surface area contributed by atoms with E-state index < -0.39 is 0 Å². The molecule has 3 aromatic heterocycles. The minimum Gasteiger partial charge on any atom is -0.346 e. The van der Waals surface area contributed by atoms with E-state index >= 15 is 0 Å². The lowest BCUT2D eigenvalue weighted by Crippen LogP contribution is -2.24. The van der Waals surface area contributed by atoms with Crippen LogP contribution in [0.2, 0.25) is 4.34 Å². The summed E-state index contributed by atoms with van der Waals surface area (Å²) in [6.07, 6.45) is 3.27. The average molecular weight is 483 g/mol. The van der Waals surface area contributed by atoms with Crippen LogP contribution in [0.4, 0.5) is 0 Å². The standard InChI is InChI=1S/C22H19ClN6O3S/c1-27(2)22(32)16-11-15(28-10-4-3-5-20(28)30)6-7-17(16)29-13-14(25-26-29)12-24-21(31)18-8-9-19(23)33-18/h3-11,13H,12H2,1-2H3,(H,24,31). The zero-order valence-corrected chi connectivity index (χ0v) is 19.3. The van der Waals surface area contributed by atoms with Crippen LogP contribution in [0.5, 0.6) is 0 Å². The van der Waals surface area contributed by atoms with Gasteiger partial charge in [-0.1, -0.05) is 22.9 Å². The van der Waals surface area contributed by atoms with Gasteiger partial charge in [0.05, 0.1) is 33.2 Å². The van der Waals surface area contributed by atoms with Gasteiger partial charge in [0, 0.05) is 32.0 Å². The van der Waals surface area contributed by atoms with Crippen LogP contribution in [0, 0.1) is 0 Å². The number of benzene rings is 1. The van der Waals surface area contributed by atoms with Crippen molar-refractivity contribution in [1.82, 2.24) is 29.8 Å². The Morgan fingerprint density at radius 1 is 1.15 bits per heavy atom. The maximum Gasteiger partial charge on any atom is 0.261 e. The molecule has 0 aliphatic carbocycles. The van der Waals surface area contributed by atoms with Gasteiger partial charge in [-0.15, -0.1) is 16.4 Å². The molecular weight excluding hydrogens is 464 g/mol. The molecule has 11 heteroatoms. The Kier molecular flexibility index (Phi) is 6.38. The quantitative estimate of drug-likeness (QED) is 0.455. The van der Waals surface area contributed by atoms with Crippen molar-refractivity contribution in [2.75, 3.05) is 14.1 Å². The van der Waals surface area contributed by atoms with Crippen molar-refractivity contribution in [3.05, 3.63) is 91.7 Å². The molecular formula is C22H19ClN6O3S. The summed E-state index contributed by atoms with van der Waals surface area (Å²) in [6, 6.07) is 13.2. The van der Waals surface area contributed by atoms with Gasteiger partial charge >= 0.3 is 0 Å². The second-order valence-corrected chi connectivity index (χ2v) is 8.97. The molecule has 4 aromatic rings. The normalized spacial score (nSPS) is 10.8. The number of carbonyl (C=O) groups excluding carboxylic acids is 2. The summed E-state index contributed by atoms with van der Waals surface area (Å²) in [6.45, 7) is 0.156. The number of nitrogens with one attached hydrogen (secondary N) is 1. The number of hydrogen-bond donors (Lipinski definition) is 1. The maximum absolute atomic E-state index is 12.9. The molecule has 1 N–H and O–H groups in total. The van der Waals surface area contributed by atoms with E-state index in [9.17, 15) is 14.4 Å². The zero-order chi connectivity index (χ0) is 23.5. The van der Waals surface area contributed by atoms with Gasteiger partial charge in [-0.2, -0.15) is 0 Å². The fourth-order valence-corrected chi connectivity index (χ4v) is 4.08. The molecule has 0 aliphatic rings. The second kappa shape index (κ2) is 9.39. The first kappa shape index (κ1) is 22.4. The molecule has 0 bridgehead atoms. The first-order chi connectivity index (χ1) is 15.8. The van der Waals surface area contributed by atoms with E-state index in [1.54, 1.807) is 69.0 Å². The van der Waals surface area contributed by atoms with Crippen LogP contribution in [-0.4, -0.2) is 50.4 Å². The van der Waals surface area contributed by atoms with Gasteiger partial charge < -0.3 is 10.2 Å². The molecule has 1 aromatic carbocycles. The van der Waals surface area contributed by atoms with Gasteiger partial charge in [-0.3, -0.25) is 19.0 Å². The molecule has 2 amide bonds. The topological polar surface area (TPSA) is 102 Å². The average Bonchev–Trinajstić information content (AvgIpc) is 3.46. The van der Waals surface area contributed by atoms with E-state index in [1.165, 1.54) is 31.6 Å². The lowest BCUT2D eigenvalue weighted by molar-refractivity contribution is 0.0827. The van der Waals surface area contributed by atoms with Gasteiger partial charge in [0.15, 0.2) is 0 Å². The molecule has 168 valence electrons. The third kappa shape index (κ3) is 4.86. The SMILES string of the molecule is CN(C)C(=O)c1cc(-n2ccccc2=O)ccc1-n1cc(CNC(=O)c2ccc(Cl)s2)nn1. The Morgan fingerprint density at radius 2 is 1.97 bits per heavy atom. The molecule has 0 saturated carbocycles. The predicted molar refractivity (Wildman–Crippen MR) is 125 cm³/mol. The Hall–Kier alpha value is -3.76. The molecule has 3 heterocycles. The first-order valence-corrected chi connectivity index (χ1v) is 11.0. The summed E-state index contributed by atoms with van der Waals surface area (Å²) >= 11 is 7.06. The number of nitrogens with zero attached hydrogens (tertiary/aromatic N) is 5. The highest BCUT2D eigenvalue weighted by molar-refractivity contribution is 7.17. The zero-order valence-electron chi connectivity index (χ0n) is 17.7. The van der Waals surface area contributed by atoms with Crippen molar-refractivity contribution >= 4 is 34.8 Å². The van der Waals surface area contributed by atoms with Gasteiger partial charge in [0.1, 0.15) is 5.69 Å². The summed E-state index contributed by atoms with van der Waals surface area (Å²) in [4.78, 5) is 39.3. The summed E-state index contributed by atoms with van der Waals surface area (Å²) < 4.78 is 3.46. The van der Waals surface area contributed by atoms with Crippen LogP contribution < -0.4 is 10.9 Å². The summed E-state index contributed by atoms with van der Waals surface area (Å²) in [5, 5.41) is 11.0. The number of halogens is 1. The lowest BCUT2D eigenvalue weighted by Gasteiger charge is -2.16. The largest absolute Gasteiger partial charge is 0.346 e. The molecule has 0 saturated heterocycles. The Bertz CT molecular complexity index is 1390. The van der Waals surface area contributed by atoms with Crippen molar-refractivity contribution in [3.63, 3.8) is 0 Å².